The van der Waals surface area contributed by atoms with Gasteiger partial charge in [-0.3, -0.25) is 0 Å². The molecule has 5 rings (SSSR count). The molecule has 0 aliphatic carbocycles. The van der Waals surface area contributed by atoms with Crippen LogP contribution < -0.4 is 10.2 Å². The molecule has 10 heteroatoms. The van der Waals surface area contributed by atoms with Gasteiger partial charge < -0.3 is 10.2 Å². The van der Waals surface area contributed by atoms with Crippen molar-refractivity contribution in [1.29, 1.82) is 0 Å². The van der Waals surface area contributed by atoms with Gasteiger partial charge in [-0.15, -0.1) is 0 Å². The summed E-state index contributed by atoms with van der Waals surface area (Å²) in [5, 5.41) is 7.51. The van der Waals surface area contributed by atoms with Gasteiger partial charge in [0, 0.05) is 50.3 Å². The van der Waals surface area contributed by atoms with Crippen molar-refractivity contribution in [3.63, 3.8) is 0 Å². The third-order valence-corrected chi connectivity index (χ3v) is 7.87. The van der Waals surface area contributed by atoms with Crippen LogP contribution in [-0.2, 0) is 10.0 Å². The van der Waals surface area contributed by atoms with Crippen molar-refractivity contribution in [2.45, 2.75) is 18.7 Å². The predicted octanol–water partition coefficient (Wildman–Crippen LogP) is 3.53. The molecule has 1 aliphatic heterocycles. The van der Waals surface area contributed by atoms with E-state index in [4.69, 9.17) is 0 Å². The summed E-state index contributed by atoms with van der Waals surface area (Å²) in [5.74, 6) is 2.15. The molecule has 35 heavy (non-hydrogen) atoms. The van der Waals surface area contributed by atoms with Gasteiger partial charge in [-0.05, 0) is 56.3 Å². The van der Waals surface area contributed by atoms with Gasteiger partial charge in [0.1, 0.15) is 17.5 Å². The van der Waals surface area contributed by atoms with E-state index in [9.17, 15) is 8.42 Å². The maximum Gasteiger partial charge on any atom is 0.243 e. The molecule has 4 aromatic rings. The summed E-state index contributed by atoms with van der Waals surface area (Å²) in [6.07, 6.45) is 3.50. The fraction of sp³-hybridized carbons (Fsp3) is 0.240. The van der Waals surface area contributed by atoms with Gasteiger partial charge >= 0.3 is 0 Å². The molecule has 1 aliphatic rings. The topological polar surface area (TPSA) is 96.2 Å². The number of anilines is 3. The predicted molar refractivity (Wildman–Crippen MR) is 136 cm³/mol. The molecule has 9 nitrogen and oxygen atoms in total. The van der Waals surface area contributed by atoms with Crippen molar-refractivity contribution in [1.82, 2.24) is 24.1 Å². The van der Waals surface area contributed by atoms with Crippen LogP contribution in [-0.4, -0.2) is 58.7 Å². The quantitative estimate of drug-likeness (QED) is 0.443. The number of nitrogens with zero attached hydrogens (tertiary/aromatic N) is 6. The van der Waals surface area contributed by atoms with Crippen LogP contribution in [0.5, 0.6) is 0 Å². The second kappa shape index (κ2) is 9.47. The smallest absolute Gasteiger partial charge is 0.243 e. The number of aromatic nitrogens is 4. The highest BCUT2D eigenvalue weighted by Crippen LogP contribution is 2.24. The Labute approximate surface area is 205 Å². The zero-order valence-corrected chi connectivity index (χ0v) is 20.5. The summed E-state index contributed by atoms with van der Waals surface area (Å²) in [6.45, 7) is 5.76. The minimum absolute atomic E-state index is 0.282. The van der Waals surface area contributed by atoms with Crippen LogP contribution in [0, 0.1) is 13.8 Å². The lowest BCUT2D eigenvalue weighted by atomic mass is 10.2. The molecule has 1 fully saturated rings. The van der Waals surface area contributed by atoms with Crippen LogP contribution in [0.3, 0.4) is 0 Å². The van der Waals surface area contributed by atoms with Gasteiger partial charge in [0.25, 0.3) is 0 Å². The Morgan fingerprint density at radius 1 is 0.886 bits per heavy atom. The van der Waals surface area contributed by atoms with Crippen molar-refractivity contribution in [2.24, 2.45) is 0 Å². The molecule has 0 unspecified atom stereocenters. The van der Waals surface area contributed by atoms with E-state index < -0.39 is 10.0 Å². The molecule has 2 aromatic heterocycles. The first kappa shape index (κ1) is 23.0. The molecule has 0 amide bonds. The summed E-state index contributed by atoms with van der Waals surface area (Å²) < 4.78 is 29.7. The molecule has 0 atom stereocenters. The molecule has 2 aromatic carbocycles. The van der Waals surface area contributed by atoms with Gasteiger partial charge in [-0.1, -0.05) is 17.7 Å². The fourth-order valence-electron chi connectivity index (χ4n) is 4.06. The van der Waals surface area contributed by atoms with E-state index in [-0.39, 0.29) is 4.90 Å². The van der Waals surface area contributed by atoms with E-state index in [0.717, 1.165) is 17.2 Å². The van der Waals surface area contributed by atoms with Crippen LogP contribution in [0.15, 0.2) is 78.0 Å². The van der Waals surface area contributed by atoms with E-state index in [2.05, 4.69) is 25.3 Å². The van der Waals surface area contributed by atoms with E-state index in [1.807, 2.05) is 56.4 Å². The van der Waals surface area contributed by atoms with Gasteiger partial charge in [-0.25, -0.2) is 23.1 Å². The summed E-state index contributed by atoms with van der Waals surface area (Å²) >= 11 is 0. The fourth-order valence-corrected chi connectivity index (χ4v) is 5.48. The lowest BCUT2D eigenvalue weighted by Crippen LogP contribution is -2.49. The van der Waals surface area contributed by atoms with Crippen molar-refractivity contribution >= 4 is 27.3 Å². The number of piperazine rings is 1. The number of benzene rings is 2. The Kier molecular flexibility index (Phi) is 6.23. The van der Waals surface area contributed by atoms with E-state index in [1.54, 1.807) is 35.1 Å². The molecule has 1 saturated heterocycles. The van der Waals surface area contributed by atoms with E-state index >= 15 is 0 Å². The third-order valence-electron chi connectivity index (χ3n) is 5.95. The van der Waals surface area contributed by atoms with Crippen molar-refractivity contribution in [3.8, 4) is 5.69 Å². The molecule has 0 spiro atoms. The Bertz CT molecular complexity index is 1400. The van der Waals surface area contributed by atoms with E-state index in [0.29, 0.717) is 37.8 Å². The standard InChI is InChI=1S/C25H27N7O2S/c1-19-4-6-21(7-5-19)29-24-18-25(28-20(2)27-24)30-14-16-31(17-15-30)35(33,34)23-10-8-22(9-11-23)32-13-3-12-26-32/h3-13,18H,14-17H2,1-2H3,(H,27,28,29). The van der Waals surface area contributed by atoms with Crippen LogP contribution in [0.1, 0.15) is 11.4 Å². The summed E-state index contributed by atoms with van der Waals surface area (Å²) in [7, 11) is -3.58. The van der Waals surface area contributed by atoms with Gasteiger partial charge in [0.05, 0.1) is 10.6 Å². The Morgan fingerprint density at radius 2 is 1.60 bits per heavy atom. The second-order valence-electron chi connectivity index (χ2n) is 8.49. The summed E-state index contributed by atoms with van der Waals surface area (Å²) in [6, 6.07) is 18.6. The Balaban J connectivity index is 1.26. The maximum atomic E-state index is 13.2. The molecule has 1 N–H and O–H groups in total. The maximum absolute atomic E-state index is 13.2. The third kappa shape index (κ3) is 5.03. The monoisotopic (exact) mass is 489 g/mol. The van der Waals surface area contributed by atoms with Gasteiger partial charge in [0.15, 0.2) is 0 Å². The summed E-state index contributed by atoms with van der Waals surface area (Å²) in [4.78, 5) is 11.5. The zero-order chi connectivity index (χ0) is 24.4. The Morgan fingerprint density at radius 3 is 2.26 bits per heavy atom. The van der Waals surface area contributed by atoms with Crippen LogP contribution in [0.4, 0.5) is 17.3 Å². The van der Waals surface area contributed by atoms with Gasteiger partial charge in [-0.2, -0.15) is 9.40 Å². The van der Waals surface area contributed by atoms with Crippen LogP contribution >= 0.6 is 0 Å². The second-order valence-corrected chi connectivity index (χ2v) is 10.4. The molecular weight excluding hydrogens is 462 g/mol. The average molecular weight is 490 g/mol. The highest BCUT2D eigenvalue weighted by atomic mass is 32.2. The molecular formula is C25H27N7O2S. The number of sulfonamides is 1. The number of hydrogen-bond acceptors (Lipinski definition) is 7. The highest BCUT2D eigenvalue weighted by molar-refractivity contribution is 7.89. The lowest BCUT2D eigenvalue weighted by Gasteiger charge is -2.34. The minimum Gasteiger partial charge on any atom is -0.354 e. The average Bonchev–Trinajstić information content (AvgIpc) is 3.40. The molecule has 0 radical (unpaired) electrons. The van der Waals surface area contributed by atoms with Gasteiger partial charge in [0.2, 0.25) is 10.0 Å². The van der Waals surface area contributed by atoms with Crippen molar-refractivity contribution < 1.29 is 8.42 Å². The number of nitrogens with one attached hydrogen (secondary N) is 1. The Hall–Kier alpha value is -3.76. The first-order valence-corrected chi connectivity index (χ1v) is 12.9. The number of rotatable bonds is 6. The minimum atomic E-state index is -3.58. The number of hydrogen-bond donors (Lipinski definition) is 1. The first-order chi connectivity index (χ1) is 16.9. The first-order valence-electron chi connectivity index (χ1n) is 11.4. The SMILES string of the molecule is Cc1ccc(Nc2cc(N3CCN(S(=O)(=O)c4ccc(-n5cccn5)cc4)CC3)nc(C)n2)cc1. The highest BCUT2D eigenvalue weighted by Gasteiger charge is 2.29. The van der Waals surface area contributed by atoms with Crippen LogP contribution in [0.25, 0.3) is 5.69 Å². The number of aryl methyl sites for hydroxylation is 2. The largest absolute Gasteiger partial charge is 0.354 e. The van der Waals surface area contributed by atoms with Crippen molar-refractivity contribution in [3.05, 3.63) is 84.4 Å². The lowest BCUT2D eigenvalue weighted by molar-refractivity contribution is 0.383. The molecule has 180 valence electrons. The molecule has 0 saturated carbocycles. The molecule has 0 bridgehead atoms. The normalized spacial score (nSPS) is 14.7. The van der Waals surface area contributed by atoms with Crippen LogP contribution in [0.2, 0.25) is 0 Å². The van der Waals surface area contributed by atoms with Crippen molar-refractivity contribution in [2.75, 3.05) is 36.4 Å². The molecule has 3 heterocycles. The summed E-state index contributed by atoms with van der Waals surface area (Å²) in [5.41, 5.74) is 2.96. The zero-order valence-electron chi connectivity index (χ0n) is 19.7. The van der Waals surface area contributed by atoms with E-state index in [1.165, 1.54) is 9.87 Å².